The van der Waals surface area contributed by atoms with Crippen molar-refractivity contribution in [3.05, 3.63) is 40.4 Å². The van der Waals surface area contributed by atoms with Crippen molar-refractivity contribution in [2.45, 2.75) is 43.0 Å². The zero-order valence-corrected chi connectivity index (χ0v) is 13.9. The van der Waals surface area contributed by atoms with Crippen LogP contribution in [-0.4, -0.2) is 18.8 Å². The van der Waals surface area contributed by atoms with E-state index in [0.717, 1.165) is 5.75 Å². The third-order valence-corrected chi connectivity index (χ3v) is 5.74. The van der Waals surface area contributed by atoms with Gasteiger partial charge in [0.1, 0.15) is 0 Å². The lowest BCUT2D eigenvalue weighted by Crippen LogP contribution is -2.29. The third kappa shape index (κ3) is 4.66. The van der Waals surface area contributed by atoms with E-state index in [1.54, 1.807) is 5.57 Å². The molecule has 1 aromatic carbocycles. The highest BCUT2D eigenvalue weighted by Gasteiger charge is 2.14. The van der Waals surface area contributed by atoms with Gasteiger partial charge in [0.2, 0.25) is 0 Å². The predicted molar refractivity (Wildman–Crippen MR) is 88.9 cm³/mol. The molecule has 0 fully saturated rings. The van der Waals surface area contributed by atoms with E-state index in [0.29, 0.717) is 6.04 Å². The van der Waals surface area contributed by atoms with Crippen molar-refractivity contribution in [1.82, 2.24) is 5.32 Å². The fourth-order valence-corrected chi connectivity index (χ4v) is 4.20. The Hall–Kier alpha value is -0.250. The molecule has 1 aliphatic carbocycles. The number of benzene rings is 1. The summed E-state index contributed by atoms with van der Waals surface area (Å²) in [6, 6.07) is 8.98. The first-order chi connectivity index (χ1) is 9.31. The first-order valence-corrected chi connectivity index (χ1v) is 8.82. The number of hydrogen-bond donors (Lipinski definition) is 1. The molecule has 0 spiro atoms. The van der Waals surface area contributed by atoms with E-state index in [1.165, 1.54) is 41.5 Å². The molecule has 1 unspecified atom stereocenters. The molecule has 1 nitrogen and oxygen atoms in total. The van der Waals surface area contributed by atoms with Crippen LogP contribution in [0.1, 0.15) is 32.1 Å². The molecule has 0 saturated carbocycles. The monoisotopic (exact) mass is 339 g/mol. The van der Waals surface area contributed by atoms with Crippen LogP contribution in [0.5, 0.6) is 0 Å². The van der Waals surface area contributed by atoms with Gasteiger partial charge in [-0.2, -0.15) is 0 Å². The lowest BCUT2D eigenvalue weighted by Gasteiger charge is -2.19. The van der Waals surface area contributed by atoms with Crippen LogP contribution in [0.25, 0.3) is 0 Å². The molecule has 1 atom stereocenters. The van der Waals surface area contributed by atoms with Crippen LogP contribution in [0.2, 0.25) is 0 Å². The number of allylic oxidation sites excluding steroid dienone is 1. The van der Waals surface area contributed by atoms with Crippen molar-refractivity contribution < 1.29 is 0 Å². The largest absolute Gasteiger partial charge is 0.313 e. The molecule has 0 bridgehead atoms. The minimum absolute atomic E-state index is 0.509. The van der Waals surface area contributed by atoms with Crippen LogP contribution in [0.4, 0.5) is 0 Å². The van der Waals surface area contributed by atoms with Gasteiger partial charge in [0.25, 0.3) is 0 Å². The van der Waals surface area contributed by atoms with Crippen LogP contribution < -0.4 is 5.32 Å². The van der Waals surface area contributed by atoms with Gasteiger partial charge in [-0.25, -0.2) is 0 Å². The lowest BCUT2D eigenvalue weighted by atomic mass is 10.0. The fourth-order valence-electron chi connectivity index (χ4n) is 2.47. The molecular weight excluding hydrogens is 318 g/mol. The Morgan fingerprint density at radius 2 is 2.11 bits per heavy atom. The average Bonchev–Trinajstić information content (AvgIpc) is 2.71. The van der Waals surface area contributed by atoms with Gasteiger partial charge in [0, 0.05) is 21.2 Å². The molecular formula is C16H22BrNS. The molecule has 1 aromatic rings. The van der Waals surface area contributed by atoms with E-state index in [-0.39, 0.29) is 0 Å². The predicted octanol–water partition coefficient (Wildman–Crippen LogP) is 5.02. The maximum Gasteiger partial charge on any atom is 0.0371 e. The number of hydrogen-bond acceptors (Lipinski definition) is 2. The van der Waals surface area contributed by atoms with Crippen molar-refractivity contribution in [1.29, 1.82) is 0 Å². The van der Waals surface area contributed by atoms with Gasteiger partial charge in [-0.05, 0) is 60.8 Å². The summed E-state index contributed by atoms with van der Waals surface area (Å²) in [5.41, 5.74) is 1.61. The number of halogens is 1. The molecule has 0 aromatic heterocycles. The SMILES string of the molecule is CNC(CSc1ccccc1Br)C1=CCCCCC1. The topological polar surface area (TPSA) is 12.0 Å². The van der Waals surface area contributed by atoms with Crippen molar-refractivity contribution in [2.75, 3.05) is 12.8 Å². The fraction of sp³-hybridized carbons (Fsp3) is 0.500. The molecule has 1 N–H and O–H groups in total. The van der Waals surface area contributed by atoms with E-state index in [1.807, 2.05) is 11.8 Å². The third-order valence-electron chi connectivity index (χ3n) is 3.61. The number of likely N-dealkylation sites (N-methyl/N-ethyl adjacent to an activating group) is 1. The Morgan fingerprint density at radius 3 is 2.89 bits per heavy atom. The minimum atomic E-state index is 0.509. The highest BCUT2D eigenvalue weighted by molar-refractivity contribution is 9.10. The van der Waals surface area contributed by atoms with Crippen molar-refractivity contribution in [3.8, 4) is 0 Å². The first-order valence-electron chi connectivity index (χ1n) is 7.05. The van der Waals surface area contributed by atoms with Crippen molar-refractivity contribution in [3.63, 3.8) is 0 Å². The maximum absolute atomic E-state index is 3.62. The average molecular weight is 340 g/mol. The van der Waals surface area contributed by atoms with Gasteiger partial charge in [-0.15, -0.1) is 11.8 Å². The quantitative estimate of drug-likeness (QED) is 0.597. The molecule has 0 aliphatic heterocycles. The summed E-state index contributed by atoms with van der Waals surface area (Å²) in [5.74, 6) is 1.10. The molecule has 0 heterocycles. The van der Waals surface area contributed by atoms with Gasteiger partial charge >= 0.3 is 0 Å². The van der Waals surface area contributed by atoms with Crippen LogP contribution in [0.15, 0.2) is 45.3 Å². The Balaban J connectivity index is 1.95. The van der Waals surface area contributed by atoms with Gasteiger partial charge in [-0.3, -0.25) is 0 Å². The first kappa shape index (κ1) is 15.1. The van der Waals surface area contributed by atoms with Gasteiger partial charge in [-0.1, -0.05) is 30.2 Å². The molecule has 2 rings (SSSR count). The lowest BCUT2D eigenvalue weighted by molar-refractivity contribution is 0.645. The number of rotatable bonds is 5. The van der Waals surface area contributed by atoms with Crippen LogP contribution in [0.3, 0.4) is 0 Å². The standard InChI is InChI=1S/C16H22BrNS/c1-18-15(13-8-4-2-3-5-9-13)12-19-16-11-7-6-10-14(16)17/h6-8,10-11,15,18H,2-5,9,12H2,1H3. The van der Waals surface area contributed by atoms with E-state index in [2.05, 4.69) is 58.6 Å². The number of nitrogens with one attached hydrogen (secondary N) is 1. The highest BCUT2D eigenvalue weighted by Crippen LogP contribution is 2.29. The zero-order chi connectivity index (χ0) is 13.5. The summed E-state index contributed by atoms with van der Waals surface area (Å²) in [5, 5.41) is 3.48. The van der Waals surface area contributed by atoms with Gasteiger partial charge < -0.3 is 5.32 Å². The molecule has 3 heteroatoms. The molecule has 19 heavy (non-hydrogen) atoms. The summed E-state index contributed by atoms with van der Waals surface area (Å²) < 4.78 is 1.20. The van der Waals surface area contributed by atoms with Gasteiger partial charge in [0.15, 0.2) is 0 Å². The second-order valence-electron chi connectivity index (χ2n) is 4.96. The Kier molecular flexibility index (Phi) is 6.48. The summed E-state index contributed by atoms with van der Waals surface area (Å²) in [6.07, 6.45) is 9.08. The molecule has 104 valence electrons. The maximum atomic E-state index is 3.62. The van der Waals surface area contributed by atoms with Crippen molar-refractivity contribution >= 4 is 27.7 Å². The summed E-state index contributed by atoms with van der Waals surface area (Å²) in [6.45, 7) is 0. The van der Waals surface area contributed by atoms with E-state index in [9.17, 15) is 0 Å². The molecule has 0 amide bonds. The normalized spacial score (nSPS) is 17.7. The molecule has 0 saturated heterocycles. The summed E-state index contributed by atoms with van der Waals surface area (Å²) >= 11 is 5.55. The smallest absolute Gasteiger partial charge is 0.0371 e. The second-order valence-corrected chi connectivity index (χ2v) is 6.88. The van der Waals surface area contributed by atoms with E-state index >= 15 is 0 Å². The van der Waals surface area contributed by atoms with E-state index < -0.39 is 0 Å². The van der Waals surface area contributed by atoms with E-state index in [4.69, 9.17) is 0 Å². The van der Waals surface area contributed by atoms with Crippen LogP contribution in [0, 0.1) is 0 Å². The minimum Gasteiger partial charge on any atom is -0.313 e. The Morgan fingerprint density at radius 1 is 1.26 bits per heavy atom. The number of thioether (sulfide) groups is 1. The van der Waals surface area contributed by atoms with Crippen LogP contribution >= 0.6 is 27.7 Å². The molecule has 0 radical (unpaired) electrons. The zero-order valence-electron chi connectivity index (χ0n) is 11.5. The summed E-state index contributed by atoms with van der Waals surface area (Å²) in [4.78, 5) is 1.33. The Bertz CT molecular complexity index is 431. The summed E-state index contributed by atoms with van der Waals surface area (Å²) in [7, 11) is 2.08. The second kappa shape index (κ2) is 8.13. The molecule has 1 aliphatic rings. The van der Waals surface area contributed by atoms with Crippen molar-refractivity contribution in [2.24, 2.45) is 0 Å². The highest BCUT2D eigenvalue weighted by atomic mass is 79.9. The van der Waals surface area contributed by atoms with Crippen LogP contribution in [-0.2, 0) is 0 Å². The van der Waals surface area contributed by atoms with Gasteiger partial charge in [0.05, 0.1) is 0 Å². The Labute approximate surface area is 129 Å².